The molecule has 0 saturated carbocycles. The topological polar surface area (TPSA) is 0 Å². The van der Waals surface area contributed by atoms with Gasteiger partial charge in [0, 0.05) is 12.5 Å². The molecule has 0 nitrogen and oxygen atoms in total. The standard InChI is InChI=1S/C20H24F2/c1-3-4-5-6-7-16-8-10-17(11-9-16)18-12-14-19(15-13-18)20(2,21)22/h8-15H,3-7H2,1-2H3. The molecule has 0 aliphatic heterocycles. The second-order valence-electron chi connectivity index (χ2n) is 5.97. The van der Waals surface area contributed by atoms with Crippen LogP contribution in [-0.2, 0) is 12.3 Å². The molecule has 0 bridgehead atoms. The van der Waals surface area contributed by atoms with Crippen molar-refractivity contribution in [2.75, 3.05) is 0 Å². The third-order valence-corrected chi connectivity index (χ3v) is 4.00. The molecule has 0 aliphatic rings. The molecule has 2 rings (SSSR count). The maximum atomic E-state index is 13.2. The molecular formula is C20H24F2. The second-order valence-corrected chi connectivity index (χ2v) is 5.97. The van der Waals surface area contributed by atoms with Crippen LogP contribution in [0.3, 0.4) is 0 Å². The maximum absolute atomic E-state index is 13.2. The number of benzene rings is 2. The Bertz CT molecular complexity index is 562. The number of hydrogen-bond donors (Lipinski definition) is 0. The highest BCUT2D eigenvalue weighted by Crippen LogP contribution is 2.29. The summed E-state index contributed by atoms with van der Waals surface area (Å²) in [5, 5.41) is 0. The van der Waals surface area contributed by atoms with Gasteiger partial charge in [-0.3, -0.25) is 0 Å². The lowest BCUT2D eigenvalue weighted by Gasteiger charge is -2.11. The van der Waals surface area contributed by atoms with E-state index in [2.05, 4.69) is 31.2 Å². The van der Waals surface area contributed by atoms with Crippen LogP contribution < -0.4 is 0 Å². The summed E-state index contributed by atoms with van der Waals surface area (Å²) in [6.45, 7) is 3.14. The van der Waals surface area contributed by atoms with Crippen molar-refractivity contribution in [3.05, 3.63) is 59.7 Å². The summed E-state index contributed by atoms with van der Waals surface area (Å²) in [4.78, 5) is 0. The lowest BCUT2D eigenvalue weighted by Crippen LogP contribution is -2.06. The van der Waals surface area contributed by atoms with Gasteiger partial charge in [0.1, 0.15) is 0 Å². The number of halogens is 2. The number of rotatable bonds is 7. The number of aryl methyl sites for hydroxylation is 1. The summed E-state index contributed by atoms with van der Waals surface area (Å²) < 4.78 is 26.4. The minimum Gasteiger partial charge on any atom is -0.202 e. The summed E-state index contributed by atoms with van der Waals surface area (Å²) in [5.74, 6) is -2.78. The van der Waals surface area contributed by atoms with Crippen molar-refractivity contribution in [3.63, 3.8) is 0 Å². The lowest BCUT2D eigenvalue weighted by molar-refractivity contribution is 0.0175. The van der Waals surface area contributed by atoms with E-state index < -0.39 is 5.92 Å². The second kappa shape index (κ2) is 7.53. The van der Waals surface area contributed by atoms with Gasteiger partial charge in [-0.2, -0.15) is 0 Å². The van der Waals surface area contributed by atoms with Crippen molar-refractivity contribution in [3.8, 4) is 11.1 Å². The van der Waals surface area contributed by atoms with Gasteiger partial charge in [-0.1, -0.05) is 74.7 Å². The third kappa shape index (κ3) is 4.66. The number of unbranched alkanes of at least 4 members (excludes halogenated alkanes) is 3. The van der Waals surface area contributed by atoms with E-state index in [9.17, 15) is 8.78 Å². The summed E-state index contributed by atoms with van der Waals surface area (Å²) in [6, 6.07) is 15.0. The zero-order valence-electron chi connectivity index (χ0n) is 13.4. The van der Waals surface area contributed by atoms with Crippen LogP contribution in [0, 0.1) is 0 Å². The Balaban J connectivity index is 2.01. The van der Waals surface area contributed by atoms with E-state index in [1.165, 1.54) is 43.4 Å². The first-order chi connectivity index (χ1) is 10.5. The average molecular weight is 302 g/mol. The van der Waals surface area contributed by atoms with Crippen molar-refractivity contribution in [1.29, 1.82) is 0 Å². The quantitative estimate of drug-likeness (QED) is 0.506. The van der Waals surface area contributed by atoms with Gasteiger partial charge in [0.25, 0.3) is 5.92 Å². The molecule has 2 aromatic rings. The van der Waals surface area contributed by atoms with E-state index in [1.54, 1.807) is 12.1 Å². The smallest absolute Gasteiger partial charge is 0.202 e. The largest absolute Gasteiger partial charge is 0.270 e. The van der Waals surface area contributed by atoms with Crippen LogP contribution in [0.1, 0.15) is 50.7 Å². The van der Waals surface area contributed by atoms with Crippen LogP contribution in [0.2, 0.25) is 0 Å². The van der Waals surface area contributed by atoms with E-state index in [0.717, 1.165) is 24.5 Å². The van der Waals surface area contributed by atoms with E-state index in [0.29, 0.717) is 0 Å². The molecule has 0 aliphatic carbocycles. The monoisotopic (exact) mass is 302 g/mol. The molecule has 2 heteroatoms. The predicted molar refractivity (Wildman–Crippen MR) is 89.3 cm³/mol. The van der Waals surface area contributed by atoms with Gasteiger partial charge in [0.15, 0.2) is 0 Å². The molecule has 0 radical (unpaired) electrons. The maximum Gasteiger partial charge on any atom is 0.270 e. The summed E-state index contributed by atoms with van der Waals surface area (Å²) in [6.07, 6.45) is 6.18. The summed E-state index contributed by atoms with van der Waals surface area (Å²) in [5.41, 5.74) is 3.45. The molecule has 0 atom stereocenters. The minimum atomic E-state index is -2.78. The molecule has 0 heterocycles. The van der Waals surface area contributed by atoms with Crippen LogP contribution in [-0.4, -0.2) is 0 Å². The Morgan fingerprint density at radius 2 is 1.32 bits per heavy atom. The Labute approximate surface area is 132 Å². The highest BCUT2D eigenvalue weighted by Gasteiger charge is 2.23. The fourth-order valence-electron chi connectivity index (χ4n) is 2.58. The normalized spacial score (nSPS) is 11.6. The molecule has 0 amide bonds. The fraction of sp³-hybridized carbons (Fsp3) is 0.400. The fourth-order valence-corrected chi connectivity index (χ4v) is 2.58. The molecule has 0 aromatic heterocycles. The Morgan fingerprint density at radius 1 is 0.773 bits per heavy atom. The van der Waals surface area contributed by atoms with E-state index in [1.807, 2.05) is 0 Å². The van der Waals surface area contributed by atoms with Crippen LogP contribution in [0.25, 0.3) is 11.1 Å². The van der Waals surface area contributed by atoms with Gasteiger partial charge in [0.2, 0.25) is 0 Å². The first-order valence-corrected chi connectivity index (χ1v) is 8.08. The predicted octanol–water partition coefficient (Wildman–Crippen LogP) is 6.59. The van der Waals surface area contributed by atoms with Crippen molar-refractivity contribution in [2.45, 2.75) is 51.9 Å². The molecule has 118 valence electrons. The van der Waals surface area contributed by atoms with E-state index >= 15 is 0 Å². The molecule has 0 N–H and O–H groups in total. The van der Waals surface area contributed by atoms with Crippen molar-refractivity contribution in [1.82, 2.24) is 0 Å². The van der Waals surface area contributed by atoms with Gasteiger partial charge in [0.05, 0.1) is 0 Å². The minimum absolute atomic E-state index is 0.0591. The zero-order chi connectivity index (χ0) is 16.0. The lowest BCUT2D eigenvalue weighted by atomic mass is 9.99. The van der Waals surface area contributed by atoms with E-state index in [-0.39, 0.29) is 5.56 Å². The number of alkyl halides is 2. The SMILES string of the molecule is CCCCCCc1ccc(-c2ccc(C(C)(F)F)cc2)cc1. The zero-order valence-corrected chi connectivity index (χ0v) is 13.4. The van der Waals surface area contributed by atoms with Gasteiger partial charge >= 0.3 is 0 Å². The van der Waals surface area contributed by atoms with Gasteiger partial charge in [-0.25, -0.2) is 8.78 Å². The molecule has 0 spiro atoms. The van der Waals surface area contributed by atoms with Crippen LogP contribution >= 0.6 is 0 Å². The van der Waals surface area contributed by atoms with Gasteiger partial charge in [-0.05, 0) is 29.5 Å². The highest BCUT2D eigenvalue weighted by atomic mass is 19.3. The van der Waals surface area contributed by atoms with Crippen molar-refractivity contribution < 1.29 is 8.78 Å². The van der Waals surface area contributed by atoms with Gasteiger partial charge < -0.3 is 0 Å². The molecular weight excluding hydrogens is 278 g/mol. The Hall–Kier alpha value is -1.70. The number of hydrogen-bond acceptors (Lipinski definition) is 0. The highest BCUT2D eigenvalue weighted by molar-refractivity contribution is 5.64. The molecule has 0 unspecified atom stereocenters. The first kappa shape index (κ1) is 16.7. The van der Waals surface area contributed by atoms with Crippen LogP contribution in [0.4, 0.5) is 8.78 Å². The summed E-state index contributed by atoms with van der Waals surface area (Å²) in [7, 11) is 0. The molecule has 0 fully saturated rings. The van der Waals surface area contributed by atoms with Crippen molar-refractivity contribution >= 4 is 0 Å². The third-order valence-electron chi connectivity index (χ3n) is 4.00. The van der Waals surface area contributed by atoms with Crippen LogP contribution in [0.15, 0.2) is 48.5 Å². The van der Waals surface area contributed by atoms with Crippen LogP contribution in [0.5, 0.6) is 0 Å². The molecule has 0 saturated heterocycles. The van der Waals surface area contributed by atoms with E-state index in [4.69, 9.17) is 0 Å². The summed E-state index contributed by atoms with van der Waals surface area (Å²) >= 11 is 0. The first-order valence-electron chi connectivity index (χ1n) is 8.08. The van der Waals surface area contributed by atoms with Crippen molar-refractivity contribution in [2.24, 2.45) is 0 Å². The molecule has 2 aromatic carbocycles. The molecule has 22 heavy (non-hydrogen) atoms. The average Bonchev–Trinajstić information content (AvgIpc) is 2.51. The van der Waals surface area contributed by atoms with Gasteiger partial charge in [-0.15, -0.1) is 0 Å². The Kier molecular flexibility index (Phi) is 5.70. The Morgan fingerprint density at radius 3 is 1.82 bits per heavy atom.